The molecule has 0 spiro atoms. The summed E-state index contributed by atoms with van der Waals surface area (Å²) in [5.74, 6) is 5.43. The number of nitrogens with one attached hydrogen (secondary N) is 1. The molecule has 114 valence electrons. The van der Waals surface area contributed by atoms with Gasteiger partial charge in [-0.2, -0.15) is 4.31 Å². The summed E-state index contributed by atoms with van der Waals surface area (Å²) in [4.78, 5) is 8.23. The monoisotopic (exact) mass is 391 g/mol. The van der Waals surface area contributed by atoms with Crippen LogP contribution < -0.4 is 11.3 Å². The second kappa shape index (κ2) is 6.36. The maximum absolute atomic E-state index is 12.6. The summed E-state index contributed by atoms with van der Waals surface area (Å²) in [5, 5.41) is 2.73. The molecular weight excluding hydrogens is 378 g/mol. The number of pyridine rings is 1. The highest BCUT2D eigenvalue weighted by Gasteiger charge is 2.26. The summed E-state index contributed by atoms with van der Waals surface area (Å²) in [6.07, 6.45) is 1.47. The number of nitrogens with zero attached hydrogens (tertiary/aromatic N) is 3. The van der Waals surface area contributed by atoms with Crippen LogP contribution in [0.25, 0.3) is 0 Å². The number of sulfonamides is 1. The summed E-state index contributed by atoms with van der Waals surface area (Å²) in [6.45, 7) is 2.06. The van der Waals surface area contributed by atoms with Gasteiger partial charge in [-0.3, -0.25) is 0 Å². The van der Waals surface area contributed by atoms with Crippen molar-refractivity contribution in [1.82, 2.24) is 14.3 Å². The molecule has 7 nitrogen and oxygen atoms in total. The van der Waals surface area contributed by atoms with Gasteiger partial charge in [0.05, 0.1) is 17.2 Å². The molecule has 0 bridgehead atoms. The molecule has 0 aliphatic carbocycles. The van der Waals surface area contributed by atoms with Gasteiger partial charge in [0.1, 0.15) is 4.90 Å². The maximum atomic E-state index is 12.6. The van der Waals surface area contributed by atoms with Gasteiger partial charge in [0, 0.05) is 23.1 Å². The van der Waals surface area contributed by atoms with Crippen LogP contribution >= 0.6 is 27.3 Å². The molecule has 0 aromatic carbocycles. The van der Waals surface area contributed by atoms with Gasteiger partial charge in [-0.1, -0.05) is 0 Å². The van der Waals surface area contributed by atoms with Crippen molar-refractivity contribution >= 4 is 43.1 Å². The molecule has 3 N–H and O–H groups in total. The van der Waals surface area contributed by atoms with E-state index in [0.29, 0.717) is 10.2 Å². The minimum Gasteiger partial charge on any atom is -0.307 e. The zero-order valence-electron chi connectivity index (χ0n) is 11.4. The van der Waals surface area contributed by atoms with Gasteiger partial charge in [0.15, 0.2) is 5.82 Å². The number of rotatable bonds is 5. The Morgan fingerprint density at radius 1 is 1.52 bits per heavy atom. The van der Waals surface area contributed by atoms with Crippen molar-refractivity contribution in [3.8, 4) is 0 Å². The van der Waals surface area contributed by atoms with Gasteiger partial charge in [-0.05, 0) is 28.9 Å². The number of halogens is 1. The molecule has 0 saturated carbocycles. The lowest BCUT2D eigenvalue weighted by Gasteiger charge is -2.18. The van der Waals surface area contributed by atoms with Crippen molar-refractivity contribution in [3.63, 3.8) is 0 Å². The minimum absolute atomic E-state index is 0.00817. The molecular formula is C11H14BrN5O2S2. The lowest BCUT2D eigenvalue weighted by molar-refractivity contribution is 0.463. The van der Waals surface area contributed by atoms with Crippen LogP contribution in [0.2, 0.25) is 0 Å². The first-order valence-electron chi connectivity index (χ1n) is 5.84. The van der Waals surface area contributed by atoms with E-state index in [9.17, 15) is 8.42 Å². The quantitative estimate of drug-likeness (QED) is 0.594. The SMILES string of the molecule is Cc1nc(CN(C)S(=O)(=O)c2cc(Br)cnc2NN)cs1. The Morgan fingerprint density at radius 3 is 2.81 bits per heavy atom. The van der Waals surface area contributed by atoms with Crippen LogP contribution in [-0.4, -0.2) is 29.7 Å². The molecule has 0 saturated heterocycles. The predicted molar refractivity (Wildman–Crippen MR) is 85.3 cm³/mol. The molecule has 2 heterocycles. The summed E-state index contributed by atoms with van der Waals surface area (Å²) in [7, 11) is -2.24. The van der Waals surface area contributed by atoms with E-state index in [4.69, 9.17) is 5.84 Å². The lowest BCUT2D eigenvalue weighted by atomic mass is 10.5. The Labute approximate surface area is 135 Å². The molecule has 0 aliphatic rings. The summed E-state index contributed by atoms with van der Waals surface area (Å²) < 4.78 is 27.0. The van der Waals surface area contributed by atoms with Crippen LogP contribution in [0.4, 0.5) is 5.82 Å². The highest BCUT2D eigenvalue weighted by molar-refractivity contribution is 9.10. The lowest BCUT2D eigenvalue weighted by Crippen LogP contribution is -2.28. The smallest absolute Gasteiger partial charge is 0.246 e. The highest BCUT2D eigenvalue weighted by atomic mass is 79.9. The number of hydrazine groups is 1. The third kappa shape index (κ3) is 3.58. The molecule has 0 amide bonds. The number of hydrogen-bond acceptors (Lipinski definition) is 7. The molecule has 0 unspecified atom stereocenters. The third-order valence-electron chi connectivity index (χ3n) is 2.70. The Morgan fingerprint density at radius 2 is 2.24 bits per heavy atom. The number of nitrogens with two attached hydrogens (primary N) is 1. The standard InChI is InChI=1S/C11H14BrN5O2S2/c1-7-15-9(6-20-7)5-17(2)21(18,19)10-3-8(12)4-14-11(10)16-13/h3-4,6H,5,13H2,1-2H3,(H,14,16). The van der Waals surface area contributed by atoms with E-state index in [1.54, 1.807) is 0 Å². The van der Waals surface area contributed by atoms with Gasteiger partial charge < -0.3 is 5.43 Å². The van der Waals surface area contributed by atoms with Gasteiger partial charge >= 0.3 is 0 Å². The van der Waals surface area contributed by atoms with Gasteiger partial charge in [0.2, 0.25) is 10.0 Å². The van der Waals surface area contributed by atoms with Crippen molar-refractivity contribution in [2.24, 2.45) is 5.84 Å². The molecule has 0 atom stereocenters. The fourth-order valence-corrected chi connectivity index (χ4v) is 4.04. The van der Waals surface area contributed by atoms with E-state index in [0.717, 1.165) is 5.01 Å². The fourth-order valence-electron chi connectivity index (χ4n) is 1.69. The van der Waals surface area contributed by atoms with Crippen LogP contribution in [0.5, 0.6) is 0 Å². The molecule has 21 heavy (non-hydrogen) atoms. The second-order valence-electron chi connectivity index (χ2n) is 4.26. The van der Waals surface area contributed by atoms with Gasteiger partial charge in [0.25, 0.3) is 0 Å². The number of nitrogen functional groups attached to an aromatic ring is 1. The molecule has 2 rings (SSSR count). The topological polar surface area (TPSA) is 101 Å². The minimum atomic E-state index is -3.73. The summed E-state index contributed by atoms with van der Waals surface area (Å²) >= 11 is 4.69. The van der Waals surface area contributed by atoms with Crippen LogP contribution in [0.3, 0.4) is 0 Å². The molecule has 2 aromatic heterocycles. The average molecular weight is 392 g/mol. The number of hydrogen-bond donors (Lipinski definition) is 2. The van der Waals surface area contributed by atoms with Gasteiger partial charge in [-0.15, -0.1) is 11.3 Å². The third-order valence-corrected chi connectivity index (χ3v) is 5.77. The second-order valence-corrected chi connectivity index (χ2v) is 8.25. The Balaban J connectivity index is 2.35. The van der Waals surface area contributed by atoms with Crippen LogP contribution in [-0.2, 0) is 16.6 Å². The first-order chi connectivity index (χ1) is 9.84. The van der Waals surface area contributed by atoms with Gasteiger partial charge in [-0.25, -0.2) is 24.2 Å². The van der Waals surface area contributed by atoms with Crippen LogP contribution in [0.15, 0.2) is 27.0 Å². The van der Waals surface area contributed by atoms with Crippen LogP contribution in [0, 0.1) is 6.92 Å². The van der Waals surface area contributed by atoms with Crippen molar-refractivity contribution in [1.29, 1.82) is 0 Å². The van der Waals surface area contributed by atoms with E-state index >= 15 is 0 Å². The largest absolute Gasteiger partial charge is 0.307 e. The number of thiazole rings is 1. The molecule has 10 heteroatoms. The average Bonchev–Trinajstić information content (AvgIpc) is 2.84. The first-order valence-corrected chi connectivity index (χ1v) is 8.95. The Kier molecular flexibility index (Phi) is 4.94. The van der Waals surface area contributed by atoms with E-state index in [1.165, 1.54) is 35.0 Å². The first kappa shape index (κ1) is 16.3. The van der Waals surface area contributed by atoms with E-state index in [2.05, 4.69) is 31.3 Å². The summed E-state index contributed by atoms with van der Waals surface area (Å²) in [6, 6.07) is 1.46. The fraction of sp³-hybridized carbons (Fsp3) is 0.273. The van der Waals surface area contributed by atoms with Crippen molar-refractivity contribution < 1.29 is 8.42 Å². The highest BCUT2D eigenvalue weighted by Crippen LogP contribution is 2.25. The predicted octanol–water partition coefficient (Wildman–Crippen LogP) is 1.72. The zero-order chi connectivity index (χ0) is 15.6. The molecule has 0 radical (unpaired) electrons. The van der Waals surface area contributed by atoms with Crippen LogP contribution in [0.1, 0.15) is 10.7 Å². The normalized spacial score (nSPS) is 11.9. The Hall–Kier alpha value is -1.07. The van der Waals surface area contributed by atoms with E-state index < -0.39 is 10.0 Å². The number of aryl methyl sites for hydroxylation is 1. The van der Waals surface area contributed by atoms with E-state index in [1.807, 2.05) is 12.3 Å². The molecule has 2 aromatic rings. The zero-order valence-corrected chi connectivity index (χ0v) is 14.6. The van der Waals surface area contributed by atoms with Crippen molar-refractivity contribution in [2.75, 3.05) is 12.5 Å². The maximum Gasteiger partial charge on any atom is 0.246 e. The number of anilines is 1. The Bertz CT molecular complexity index is 747. The van der Waals surface area contributed by atoms with E-state index in [-0.39, 0.29) is 17.3 Å². The summed E-state index contributed by atoms with van der Waals surface area (Å²) in [5.41, 5.74) is 3.00. The number of aromatic nitrogens is 2. The molecule has 0 aliphatic heterocycles. The molecule has 0 fully saturated rings. The van der Waals surface area contributed by atoms with Crippen molar-refractivity contribution in [2.45, 2.75) is 18.4 Å². The van der Waals surface area contributed by atoms with Crippen molar-refractivity contribution in [3.05, 3.63) is 32.8 Å².